The van der Waals surface area contributed by atoms with Crippen LogP contribution >= 0.6 is 81.2 Å². The normalized spacial score (nSPS) is 46.4. The molecule has 0 amide bonds. The molecule has 100 valence electrons. The first-order chi connectivity index (χ1) is 7.84. The molecule has 4 atom stereocenters. The van der Waals surface area contributed by atoms with Crippen molar-refractivity contribution in [3.63, 3.8) is 0 Å². The molecule has 2 fully saturated rings. The van der Waals surface area contributed by atoms with E-state index in [4.69, 9.17) is 81.2 Å². The van der Waals surface area contributed by atoms with Crippen LogP contribution in [-0.4, -0.2) is 32.7 Å². The number of halogens is 7. The van der Waals surface area contributed by atoms with Gasteiger partial charge in [-0.05, 0) is 12.3 Å². The third kappa shape index (κ3) is 1.59. The summed E-state index contributed by atoms with van der Waals surface area (Å²) in [5.74, 6) is 0.812. The van der Waals surface area contributed by atoms with Crippen molar-refractivity contribution in [2.75, 3.05) is 17.6 Å². The molecule has 17 heavy (non-hydrogen) atoms. The van der Waals surface area contributed by atoms with Gasteiger partial charge in [-0.2, -0.15) is 0 Å². The third-order valence-electron chi connectivity index (χ3n) is 4.55. The molecule has 7 heteroatoms. The first-order valence-corrected chi connectivity index (χ1v) is 8.42. The minimum absolute atomic E-state index is 0.00424. The van der Waals surface area contributed by atoms with Crippen molar-refractivity contribution in [3.05, 3.63) is 0 Å². The third-order valence-corrected chi connectivity index (χ3v) is 8.24. The van der Waals surface area contributed by atoms with Crippen LogP contribution in [0.3, 0.4) is 0 Å². The van der Waals surface area contributed by atoms with Crippen LogP contribution in [0.1, 0.15) is 6.42 Å². The number of hydrogen-bond acceptors (Lipinski definition) is 0. The maximum atomic E-state index is 6.44. The van der Waals surface area contributed by atoms with Crippen molar-refractivity contribution in [2.45, 2.75) is 21.5 Å². The molecule has 2 aliphatic rings. The van der Waals surface area contributed by atoms with Gasteiger partial charge in [0.1, 0.15) is 4.33 Å². The molecule has 0 aromatic carbocycles. The molecule has 2 bridgehead atoms. The Morgan fingerprint density at radius 3 is 1.82 bits per heavy atom. The number of hydrogen-bond donors (Lipinski definition) is 0. The van der Waals surface area contributed by atoms with Crippen molar-refractivity contribution >= 4 is 81.2 Å². The molecule has 0 nitrogen and oxygen atoms in total. The van der Waals surface area contributed by atoms with E-state index in [-0.39, 0.29) is 17.2 Å². The highest BCUT2D eigenvalue weighted by atomic mass is 35.5. The summed E-state index contributed by atoms with van der Waals surface area (Å²) >= 11 is 44.1. The van der Waals surface area contributed by atoms with Crippen LogP contribution in [0.15, 0.2) is 0 Å². The lowest BCUT2D eigenvalue weighted by molar-refractivity contribution is 0.160. The van der Waals surface area contributed by atoms with Gasteiger partial charge in [0.25, 0.3) is 0 Å². The zero-order chi connectivity index (χ0) is 13.1. The fourth-order valence-electron chi connectivity index (χ4n) is 3.50. The van der Waals surface area contributed by atoms with Gasteiger partial charge in [-0.3, -0.25) is 0 Å². The van der Waals surface area contributed by atoms with Gasteiger partial charge in [0.05, 0.1) is 10.8 Å². The molecule has 0 aliphatic heterocycles. The smallest absolute Gasteiger partial charge is 0.126 e. The Bertz CT molecular complexity index is 314. The highest BCUT2D eigenvalue weighted by Crippen LogP contribution is 2.76. The SMILES string of the molecule is ClCC1(CCl)[C@@H]2CC(Cl)(Cl)C1(CCl)[C@H](Cl)[C@H]2Cl. The number of fused-ring (bicyclic) bond motifs is 2. The van der Waals surface area contributed by atoms with Gasteiger partial charge in [0.15, 0.2) is 0 Å². The Morgan fingerprint density at radius 1 is 0.941 bits per heavy atom. The Labute approximate surface area is 136 Å². The van der Waals surface area contributed by atoms with Crippen LogP contribution in [0, 0.1) is 16.7 Å². The summed E-state index contributed by atoms with van der Waals surface area (Å²) in [5, 5.41) is -0.675. The van der Waals surface area contributed by atoms with E-state index in [1.165, 1.54) is 0 Å². The quantitative estimate of drug-likeness (QED) is 0.599. The average molecular weight is 379 g/mol. The summed E-state index contributed by atoms with van der Waals surface area (Å²) in [7, 11) is 0. The van der Waals surface area contributed by atoms with E-state index in [1.807, 2.05) is 0 Å². The molecule has 0 heterocycles. The van der Waals surface area contributed by atoms with Gasteiger partial charge in [0, 0.05) is 28.5 Å². The Hall–Kier alpha value is 2.03. The van der Waals surface area contributed by atoms with Gasteiger partial charge in [-0.15, -0.1) is 81.2 Å². The van der Waals surface area contributed by atoms with Crippen LogP contribution in [0.25, 0.3) is 0 Å². The summed E-state index contributed by atoms with van der Waals surface area (Å²) in [6.07, 6.45) is 0.527. The van der Waals surface area contributed by atoms with Gasteiger partial charge in [0.2, 0.25) is 0 Å². The van der Waals surface area contributed by atoms with E-state index >= 15 is 0 Å². The van der Waals surface area contributed by atoms with Crippen molar-refractivity contribution in [1.29, 1.82) is 0 Å². The lowest BCUT2D eigenvalue weighted by Crippen LogP contribution is -2.54. The molecule has 0 aromatic heterocycles. The van der Waals surface area contributed by atoms with Crippen molar-refractivity contribution in [2.24, 2.45) is 16.7 Å². The largest absolute Gasteiger partial charge is 0.127 e. The Morgan fingerprint density at radius 2 is 1.47 bits per heavy atom. The first kappa shape index (κ1) is 15.4. The van der Waals surface area contributed by atoms with Crippen LogP contribution in [0.5, 0.6) is 0 Å². The summed E-state index contributed by atoms with van der Waals surface area (Å²) in [4.78, 5) is 0. The molecule has 2 rings (SSSR count). The van der Waals surface area contributed by atoms with Gasteiger partial charge < -0.3 is 0 Å². The topological polar surface area (TPSA) is 0 Å². The molecule has 2 aliphatic carbocycles. The maximum Gasteiger partial charge on any atom is 0.127 e. The second kappa shape index (κ2) is 4.79. The van der Waals surface area contributed by atoms with E-state index in [0.29, 0.717) is 18.2 Å². The predicted molar refractivity (Wildman–Crippen MR) is 78.9 cm³/mol. The molecule has 2 saturated carbocycles. The average Bonchev–Trinajstić information content (AvgIpc) is 2.61. The lowest BCUT2D eigenvalue weighted by atomic mass is 9.70. The second-order valence-electron chi connectivity index (χ2n) is 4.89. The van der Waals surface area contributed by atoms with Crippen molar-refractivity contribution in [3.8, 4) is 0 Å². The summed E-state index contributed by atoms with van der Waals surface area (Å²) in [6.45, 7) is 0. The predicted octanol–water partition coefficient (Wildman–Crippen LogP) is 5.10. The van der Waals surface area contributed by atoms with Crippen molar-refractivity contribution < 1.29 is 0 Å². The first-order valence-electron chi connectivity index (χ1n) is 5.18. The molecule has 1 unspecified atom stereocenters. The second-order valence-corrected chi connectivity index (χ2v) is 8.15. The lowest BCUT2D eigenvalue weighted by Gasteiger charge is -2.47. The molecule has 0 N–H and O–H groups in total. The van der Waals surface area contributed by atoms with Crippen molar-refractivity contribution in [1.82, 2.24) is 0 Å². The molecule has 0 spiro atoms. The minimum Gasteiger partial charge on any atom is -0.126 e. The van der Waals surface area contributed by atoms with Crippen LogP contribution in [0.2, 0.25) is 0 Å². The minimum atomic E-state index is -1.03. The Kier molecular flexibility index (Phi) is 4.35. The summed E-state index contributed by atoms with van der Waals surface area (Å²) in [6, 6.07) is 0. The van der Waals surface area contributed by atoms with E-state index in [0.717, 1.165) is 0 Å². The van der Waals surface area contributed by atoms with Gasteiger partial charge in [-0.1, -0.05) is 0 Å². The fraction of sp³-hybridized carbons (Fsp3) is 1.00. The Balaban J connectivity index is 2.63. The van der Waals surface area contributed by atoms with Gasteiger partial charge >= 0.3 is 0 Å². The van der Waals surface area contributed by atoms with Gasteiger partial charge in [-0.25, -0.2) is 0 Å². The molecule has 0 radical (unpaired) electrons. The van der Waals surface area contributed by atoms with E-state index in [1.54, 1.807) is 0 Å². The van der Waals surface area contributed by atoms with Crippen LogP contribution in [-0.2, 0) is 0 Å². The summed E-state index contributed by atoms with van der Waals surface area (Å²) in [5.41, 5.74) is -1.24. The number of rotatable bonds is 3. The monoisotopic (exact) mass is 376 g/mol. The van der Waals surface area contributed by atoms with E-state index in [9.17, 15) is 0 Å². The molecular formula is C10H11Cl7. The summed E-state index contributed by atoms with van der Waals surface area (Å²) < 4.78 is -1.03. The molecular weight excluding hydrogens is 368 g/mol. The zero-order valence-corrected chi connectivity index (χ0v) is 14.0. The van der Waals surface area contributed by atoms with Crippen LogP contribution in [0.4, 0.5) is 0 Å². The maximum absolute atomic E-state index is 6.44. The number of alkyl halides is 7. The van der Waals surface area contributed by atoms with E-state index in [2.05, 4.69) is 0 Å². The van der Waals surface area contributed by atoms with E-state index < -0.39 is 20.5 Å². The van der Waals surface area contributed by atoms with Crippen LogP contribution < -0.4 is 0 Å². The highest BCUT2D eigenvalue weighted by molar-refractivity contribution is 6.51. The molecule has 0 saturated heterocycles. The highest BCUT2D eigenvalue weighted by Gasteiger charge is 2.79. The zero-order valence-electron chi connectivity index (χ0n) is 8.71. The molecule has 0 aromatic rings. The standard InChI is InChI=1S/C10H11Cl7/c11-2-8(3-12)5-1-10(16,17)9(8,4-13)7(15)6(5)14/h5-7H,1-4H2/t5-,6+,7-,9?/m1/s1. The fourth-order valence-corrected chi connectivity index (χ4v) is 7.92.